The lowest BCUT2D eigenvalue weighted by Crippen LogP contribution is -2.44. The minimum Gasteiger partial charge on any atom is -0.377 e. The largest absolute Gasteiger partial charge is 0.377 e. The number of hydrogen-bond donors (Lipinski definition) is 1. The van der Waals surface area contributed by atoms with Gasteiger partial charge in [-0.1, -0.05) is 0 Å². The van der Waals surface area contributed by atoms with Gasteiger partial charge in [-0.15, -0.1) is 0 Å². The number of nitrogens with one attached hydrogen (secondary N) is 1. The quantitative estimate of drug-likeness (QED) is 0.767. The molecule has 0 bridgehead atoms. The van der Waals surface area contributed by atoms with Crippen molar-refractivity contribution in [2.24, 2.45) is 0 Å². The lowest BCUT2D eigenvalue weighted by atomic mass is 10.1. The normalized spacial score (nSPS) is 29.6. The van der Waals surface area contributed by atoms with Crippen molar-refractivity contribution in [1.82, 2.24) is 10.2 Å². The molecule has 2 unspecified atom stereocenters. The fourth-order valence-electron chi connectivity index (χ4n) is 2.48. The number of ether oxygens (including phenoxy) is 1. The van der Waals surface area contributed by atoms with Gasteiger partial charge in [0.2, 0.25) is 0 Å². The molecule has 2 rings (SSSR count). The van der Waals surface area contributed by atoms with E-state index < -0.39 is 10.8 Å². The Hall–Kier alpha value is 0.0300. The van der Waals surface area contributed by atoms with Crippen LogP contribution < -0.4 is 5.32 Å². The molecule has 0 aliphatic carbocycles. The van der Waals surface area contributed by atoms with Crippen molar-refractivity contribution in [3.05, 3.63) is 0 Å². The van der Waals surface area contributed by atoms with Crippen molar-refractivity contribution < 1.29 is 8.95 Å². The minimum atomic E-state index is -0.559. The molecule has 0 aromatic heterocycles. The van der Waals surface area contributed by atoms with Crippen LogP contribution in [0.15, 0.2) is 0 Å². The molecular weight excluding hydrogens is 236 g/mol. The van der Waals surface area contributed by atoms with Gasteiger partial charge in [-0.3, -0.25) is 4.21 Å². The van der Waals surface area contributed by atoms with Crippen molar-refractivity contribution in [1.29, 1.82) is 0 Å². The van der Waals surface area contributed by atoms with Gasteiger partial charge >= 0.3 is 0 Å². The standard InChI is InChI=1S/C12H24N2O2S/c1-11(12-3-2-8-16-12)13-4-5-14-6-9-17(15)10-7-14/h11-13H,2-10H2,1H3. The molecule has 2 aliphatic rings. The summed E-state index contributed by atoms with van der Waals surface area (Å²) in [5.41, 5.74) is 0. The summed E-state index contributed by atoms with van der Waals surface area (Å²) in [6, 6.07) is 0.455. The summed E-state index contributed by atoms with van der Waals surface area (Å²) < 4.78 is 16.9. The van der Waals surface area contributed by atoms with E-state index in [-0.39, 0.29) is 0 Å². The maximum Gasteiger partial charge on any atom is 0.0726 e. The smallest absolute Gasteiger partial charge is 0.0726 e. The Morgan fingerprint density at radius 1 is 1.47 bits per heavy atom. The first-order chi connectivity index (χ1) is 8.25. The number of nitrogens with zero attached hydrogens (tertiary/aromatic N) is 1. The summed E-state index contributed by atoms with van der Waals surface area (Å²) in [7, 11) is -0.559. The summed E-state index contributed by atoms with van der Waals surface area (Å²) in [6.07, 6.45) is 2.80. The van der Waals surface area contributed by atoms with E-state index in [0.717, 1.165) is 44.3 Å². The van der Waals surface area contributed by atoms with Crippen LogP contribution in [0, 0.1) is 0 Å². The van der Waals surface area contributed by atoms with E-state index in [1.807, 2.05) is 0 Å². The summed E-state index contributed by atoms with van der Waals surface area (Å²) in [5.74, 6) is 1.70. The van der Waals surface area contributed by atoms with Gasteiger partial charge in [-0.25, -0.2) is 0 Å². The molecule has 4 nitrogen and oxygen atoms in total. The maximum absolute atomic E-state index is 11.2. The molecule has 0 radical (unpaired) electrons. The predicted molar refractivity (Wildman–Crippen MR) is 70.8 cm³/mol. The van der Waals surface area contributed by atoms with E-state index in [4.69, 9.17) is 4.74 Å². The molecule has 0 aromatic carbocycles. The summed E-state index contributed by atoms with van der Waals surface area (Å²) in [5, 5.41) is 3.54. The summed E-state index contributed by atoms with van der Waals surface area (Å²) >= 11 is 0. The van der Waals surface area contributed by atoms with Crippen LogP contribution in [0.4, 0.5) is 0 Å². The van der Waals surface area contributed by atoms with E-state index in [0.29, 0.717) is 12.1 Å². The zero-order valence-corrected chi connectivity index (χ0v) is 11.5. The van der Waals surface area contributed by atoms with Crippen LogP contribution in [-0.4, -0.2) is 65.5 Å². The van der Waals surface area contributed by atoms with Crippen LogP contribution in [0.5, 0.6) is 0 Å². The molecule has 1 N–H and O–H groups in total. The fraction of sp³-hybridized carbons (Fsp3) is 1.00. The first-order valence-corrected chi connectivity index (χ1v) is 8.17. The van der Waals surface area contributed by atoms with Crippen molar-refractivity contribution >= 4 is 10.8 Å². The van der Waals surface area contributed by atoms with Crippen molar-refractivity contribution in [2.75, 3.05) is 44.3 Å². The second-order valence-electron chi connectivity index (χ2n) is 4.98. The molecule has 5 heteroatoms. The molecule has 2 heterocycles. The van der Waals surface area contributed by atoms with Crippen molar-refractivity contribution in [3.63, 3.8) is 0 Å². The molecule has 0 amide bonds. The predicted octanol–water partition coefficient (Wildman–Crippen LogP) is 0.208. The van der Waals surface area contributed by atoms with E-state index in [2.05, 4.69) is 17.1 Å². The van der Waals surface area contributed by atoms with Gasteiger partial charge in [0.05, 0.1) is 6.10 Å². The molecule has 0 aromatic rings. The Labute approximate surface area is 107 Å². The molecular formula is C12H24N2O2S. The molecule has 0 saturated carbocycles. The van der Waals surface area contributed by atoms with E-state index in [9.17, 15) is 4.21 Å². The molecule has 2 fully saturated rings. The Kier molecular flexibility index (Phi) is 5.41. The third kappa shape index (κ3) is 4.32. The lowest BCUT2D eigenvalue weighted by molar-refractivity contribution is 0.0828. The van der Waals surface area contributed by atoms with Crippen LogP contribution in [-0.2, 0) is 15.5 Å². The summed E-state index contributed by atoms with van der Waals surface area (Å²) in [4.78, 5) is 2.40. The van der Waals surface area contributed by atoms with E-state index in [1.54, 1.807) is 0 Å². The van der Waals surface area contributed by atoms with Crippen LogP contribution in [0.25, 0.3) is 0 Å². The number of hydrogen-bond acceptors (Lipinski definition) is 4. The van der Waals surface area contributed by atoms with Gasteiger partial charge in [-0.05, 0) is 19.8 Å². The van der Waals surface area contributed by atoms with Crippen molar-refractivity contribution in [3.8, 4) is 0 Å². The highest BCUT2D eigenvalue weighted by Gasteiger charge is 2.22. The highest BCUT2D eigenvalue weighted by Crippen LogP contribution is 2.15. The Morgan fingerprint density at radius 3 is 2.88 bits per heavy atom. The second-order valence-corrected chi connectivity index (χ2v) is 6.68. The van der Waals surface area contributed by atoms with Crippen molar-refractivity contribution in [2.45, 2.75) is 31.9 Å². The summed E-state index contributed by atoms with van der Waals surface area (Å²) in [6.45, 7) is 7.18. The molecule has 100 valence electrons. The highest BCUT2D eigenvalue weighted by molar-refractivity contribution is 7.85. The molecule has 2 atom stereocenters. The van der Waals surface area contributed by atoms with Gasteiger partial charge in [0.1, 0.15) is 0 Å². The van der Waals surface area contributed by atoms with Gasteiger partial charge in [0, 0.05) is 61.1 Å². The molecule has 17 heavy (non-hydrogen) atoms. The van der Waals surface area contributed by atoms with Gasteiger partial charge in [-0.2, -0.15) is 0 Å². The Morgan fingerprint density at radius 2 is 2.24 bits per heavy atom. The van der Waals surface area contributed by atoms with Crippen LogP contribution in [0.1, 0.15) is 19.8 Å². The van der Waals surface area contributed by atoms with Gasteiger partial charge < -0.3 is 15.0 Å². The van der Waals surface area contributed by atoms with Crippen LogP contribution >= 0.6 is 0 Å². The third-order valence-corrected chi connectivity index (χ3v) is 4.96. The molecule has 2 aliphatic heterocycles. The number of rotatable bonds is 5. The van der Waals surface area contributed by atoms with Crippen LogP contribution in [0.2, 0.25) is 0 Å². The SMILES string of the molecule is CC(NCCN1CCS(=O)CC1)C1CCCO1. The first kappa shape index (κ1) is 13.5. The topological polar surface area (TPSA) is 41.6 Å². The first-order valence-electron chi connectivity index (χ1n) is 6.68. The third-order valence-electron chi connectivity index (χ3n) is 3.69. The monoisotopic (exact) mass is 260 g/mol. The van der Waals surface area contributed by atoms with E-state index in [1.165, 1.54) is 12.8 Å². The fourth-order valence-corrected chi connectivity index (χ4v) is 3.61. The lowest BCUT2D eigenvalue weighted by Gasteiger charge is -2.27. The average molecular weight is 260 g/mol. The highest BCUT2D eigenvalue weighted by atomic mass is 32.2. The Balaban J connectivity index is 1.57. The second kappa shape index (κ2) is 6.83. The van der Waals surface area contributed by atoms with Crippen LogP contribution in [0.3, 0.4) is 0 Å². The minimum absolute atomic E-state index is 0.406. The molecule has 0 spiro atoms. The average Bonchev–Trinajstić information content (AvgIpc) is 2.85. The molecule has 2 saturated heterocycles. The van der Waals surface area contributed by atoms with E-state index >= 15 is 0 Å². The zero-order chi connectivity index (χ0) is 12.1. The Bertz CT molecular complexity index is 247. The van der Waals surface area contributed by atoms with Gasteiger partial charge in [0.15, 0.2) is 0 Å². The maximum atomic E-state index is 11.2. The zero-order valence-electron chi connectivity index (χ0n) is 10.7. The van der Waals surface area contributed by atoms with Gasteiger partial charge in [0.25, 0.3) is 0 Å².